The van der Waals surface area contributed by atoms with Crippen molar-refractivity contribution < 1.29 is 37.8 Å². The molecule has 33 heavy (non-hydrogen) atoms. The summed E-state index contributed by atoms with van der Waals surface area (Å²) in [4.78, 5) is 6.22. The summed E-state index contributed by atoms with van der Waals surface area (Å²) < 4.78 is 56.4. The molecule has 3 aliphatic heterocycles. The van der Waals surface area contributed by atoms with Gasteiger partial charge in [0.2, 0.25) is 0 Å². The Bertz CT molecular complexity index is 658. The fourth-order valence-electron chi connectivity index (χ4n) is 4.08. The van der Waals surface area contributed by atoms with E-state index >= 15 is 0 Å². The summed E-state index contributed by atoms with van der Waals surface area (Å²) in [6.45, 7) is 15.8. The highest BCUT2D eigenvalue weighted by atomic mass is 16.5. The van der Waals surface area contributed by atoms with E-state index in [0.29, 0.717) is 44.3 Å². The first-order valence-corrected chi connectivity index (χ1v) is 11.9. The van der Waals surface area contributed by atoms with E-state index in [4.69, 9.17) is 22.4 Å². The predicted molar refractivity (Wildman–Crippen MR) is 131 cm³/mol. The number of rotatable bonds is 6. The molecular formula is C24H51N3O6. The Labute approximate surface area is 210 Å². The van der Waals surface area contributed by atoms with Crippen molar-refractivity contribution >= 4 is 0 Å². The van der Waals surface area contributed by atoms with E-state index in [-0.39, 0.29) is 12.2 Å². The molecule has 0 radical (unpaired) electrons. The second kappa shape index (κ2) is 14.9. The summed E-state index contributed by atoms with van der Waals surface area (Å²) in [6.07, 6.45) is -2.87. The summed E-state index contributed by atoms with van der Waals surface area (Å²) in [5.41, 5.74) is 0. The molecule has 0 aromatic heterocycles. The lowest BCUT2D eigenvalue weighted by Gasteiger charge is -2.19. The van der Waals surface area contributed by atoms with Crippen molar-refractivity contribution in [3.05, 3.63) is 0 Å². The molecule has 3 rings (SSSR count). The first-order valence-electron chi connectivity index (χ1n) is 14.9. The predicted octanol–water partition coefficient (Wildman–Crippen LogP) is 0.259. The van der Waals surface area contributed by atoms with Crippen LogP contribution in [0.1, 0.15) is 49.8 Å². The van der Waals surface area contributed by atoms with Crippen LogP contribution in [0.3, 0.4) is 0 Å². The minimum absolute atomic E-state index is 0.0115. The Balaban J connectivity index is 0.000000295. The van der Waals surface area contributed by atoms with Crippen LogP contribution in [-0.2, 0) is 14.2 Å². The van der Waals surface area contributed by atoms with Crippen LogP contribution in [0.15, 0.2) is 0 Å². The van der Waals surface area contributed by atoms with E-state index in [9.17, 15) is 15.3 Å². The molecule has 0 amide bonds. The number of aliphatic hydroxyl groups is 3. The van der Waals surface area contributed by atoms with E-state index in [1.807, 2.05) is 37.5 Å². The molecule has 0 bridgehead atoms. The maximum absolute atomic E-state index is 9.55. The van der Waals surface area contributed by atoms with Crippen molar-refractivity contribution in [2.75, 3.05) is 60.5 Å². The van der Waals surface area contributed by atoms with Crippen LogP contribution in [0.5, 0.6) is 0 Å². The average Bonchev–Trinajstić information content (AvgIpc) is 3.44. The van der Waals surface area contributed by atoms with Gasteiger partial charge in [0.1, 0.15) is 0 Å². The molecule has 0 aliphatic carbocycles. The number of hydrogen-bond donors (Lipinski definition) is 3. The Morgan fingerprint density at radius 1 is 0.576 bits per heavy atom. The number of likely N-dealkylation sites (tertiary alicyclic amines) is 3. The highest BCUT2D eigenvalue weighted by Gasteiger charge is 2.33. The first-order chi connectivity index (χ1) is 17.7. The van der Waals surface area contributed by atoms with Gasteiger partial charge in [-0.2, -0.15) is 0 Å². The number of nitrogens with zero attached hydrogens (tertiary/aromatic N) is 3. The highest BCUT2D eigenvalue weighted by Crippen LogP contribution is 2.16. The SMILES string of the molecule is CO[C@@H]1CN(C(C)C)C[C@@H]1O.[2H]C([2H])([2H])OC1CN(C(C)C)CC1O.[2H]C([2H])([2H])O[C@@H]1CN(C(C)C)C[C@@H]1O. The van der Waals surface area contributed by atoms with Crippen molar-refractivity contribution in [2.45, 2.75) is 96.3 Å². The lowest BCUT2D eigenvalue weighted by atomic mass is 10.3. The van der Waals surface area contributed by atoms with Gasteiger partial charge in [-0.1, -0.05) is 0 Å². The molecule has 3 fully saturated rings. The van der Waals surface area contributed by atoms with Crippen LogP contribution in [-0.4, -0.2) is 145 Å². The smallest absolute Gasteiger partial charge is 0.0969 e. The number of aliphatic hydroxyl groups excluding tert-OH is 3. The fraction of sp³-hybridized carbons (Fsp3) is 1.00. The van der Waals surface area contributed by atoms with Crippen LogP contribution in [0.4, 0.5) is 0 Å². The minimum atomic E-state index is -2.42. The number of β-amino-alcohol motifs (C(OH)–C–C–N with tert-alkyl or cyclic N) is 3. The molecule has 198 valence electrons. The minimum Gasteiger partial charge on any atom is -0.389 e. The third-order valence-electron chi connectivity index (χ3n) is 6.59. The number of ether oxygens (including phenoxy) is 3. The van der Waals surface area contributed by atoms with Gasteiger partial charge in [0.25, 0.3) is 0 Å². The highest BCUT2D eigenvalue weighted by molar-refractivity contribution is 4.87. The van der Waals surface area contributed by atoms with Gasteiger partial charge in [-0.05, 0) is 41.5 Å². The molecule has 0 aromatic rings. The van der Waals surface area contributed by atoms with E-state index in [1.54, 1.807) is 7.11 Å². The molecule has 0 aromatic carbocycles. The molecule has 9 heteroatoms. The topological polar surface area (TPSA) is 98.1 Å². The molecule has 3 saturated heterocycles. The molecule has 0 saturated carbocycles. The standard InChI is InChI=1S/3C8H17NO2/c3*1-6(2)9-4-7(10)8(5-9)11-3/h3*6-8,10H,4-5H2,1-3H3/t2*7-,8+;/m00./s1/i3D3;;3D3. The molecule has 3 heterocycles. The fourth-order valence-corrected chi connectivity index (χ4v) is 4.08. The van der Waals surface area contributed by atoms with Crippen molar-refractivity contribution in [1.29, 1.82) is 0 Å². The van der Waals surface area contributed by atoms with Crippen LogP contribution >= 0.6 is 0 Å². The van der Waals surface area contributed by atoms with Gasteiger partial charge < -0.3 is 29.5 Å². The summed E-state index contributed by atoms with van der Waals surface area (Å²) in [5.74, 6) is 0. The van der Waals surface area contributed by atoms with Gasteiger partial charge in [0.15, 0.2) is 0 Å². The largest absolute Gasteiger partial charge is 0.389 e. The molecule has 6 atom stereocenters. The third-order valence-corrected chi connectivity index (χ3v) is 6.59. The van der Waals surface area contributed by atoms with Gasteiger partial charge >= 0.3 is 0 Å². The zero-order chi connectivity index (χ0) is 30.3. The number of hydrogen-bond acceptors (Lipinski definition) is 9. The van der Waals surface area contributed by atoms with Gasteiger partial charge in [-0.25, -0.2) is 0 Å². The quantitative estimate of drug-likeness (QED) is 0.491. The summed E-state index contributed by atoms with van der Waals surface area (Å²) in [6, 6.07) is 1.11. The maximum atomic E-state index is 9.55. The van der Waals surface area contributed by atoms with Crippen molar-refractivity contribution in [2.24, 2.45) is 0 Å². The Morgan fingerprint density at radius 2 is 0.848 bits per heavy atom. The lowest BCUT2D eigenvalue weighted by molar-refractivity contribution is 0.0214. The monoisotopic (exact) mass is 483 g/mol. The van der Waals surface area contributed by atoms with E-state index in [0.717, 1.165) is 13.1 Å². The Kier molecular flexibility index (Phi) is 9.89. The second-order valence-electron chi connectivity index (χ2n) is 9.93. The zero-order valence-electron chi connectivity index (χ0n) is 27.3. The summed E-state index contributed by atoms with van der Waals surface area (Å²) >= 11 is 0. The van der Waals surface area contributed by atoms with Crippen molar-refractivity contribution in [3.8, 4) is 0 Å². The molecule has 3 N–H and O–H groups in total. The summed E-state index contributed by atoms with van der Waals surface area (Å²) in [7, 11) is -3.19. The molecule has 3 aliphatic rings. The van der Waals surface area contributed by atoms with Crippen molar-refractivity contribution in [3.63, 3.8) is 0 Å². The first kappa shape index (κ1) is 21.9. The van der Waals surface area contributed by atoms with Crippen LogP contribution in [0, 0.1) is 0 Å². The normalized spacial score (nSPS) is 37.0. The number of methoxy groups -OCH3 is 3. The molecular weight excluding hydrogens is 426 g/mol. The lowest BCUT2D eigenvalue weighted by Crippen LogP contribution is -2.29. The molecule has 0 spiro atoms. The zero-order valence-corrected chi connectivity index (χ0v) is 21.3. The summed E-state index contributed by atoms with van der Waals surface area (Å²) in [5, 5.41) is 28.6. The molecule has 2 unspecified atom stereocenters. The third kappa shape index (κ3) is 9.66. The van der Waals surface area contributed by atoms with Crippen LogP contribution in [0.25, 0.3) is 0 Å². The van der Waals surface area contributed by atoms with Crippen LogP contribution < -0.4 is 0 Å². The van der Waals surface area contributed by atoms with Gasteiger partial charge in [0, 0.05) is 78.6 Å². The maximum Gasteiger partial charge on any atom is 0.0969 e. The Hall–Kier alpha value is -0.360. The van der Waals surface area contributed by atoms with E-state index in [2.05, 4.69) is 18.7 Å². The Morgan fingerprint density at radius 3 is 1.00 bits per heavy atom. The van der Waals surface area contributed by atoms with Gasteiger partial charge in [-0.3, -0.25) is 14.7 Å². The van der Waals surface area contributed by atoms with E-state index < -0.39 is 38.5 Å². The van der Waals surface area contributed by atoms with Crippen LogP contribution in [0.2, 0.25) is 0 Å². The van der Waals surface area contributed by atoms with E-state index in [1.165, 1.54) is 0 Å². The van der Waals surface area contributed by atoms with Crippen molar-refractivity contribution in [1.82, 2.24) is 14.7 Å². The second-order valence-corrected chi connectivity index (χ2v) is 9.93. The molecule has 9 nitrogen and oxygen atoms in total. The average molecular weight is 484 g/mol. The van der Waals surface area contributed by atoms with Gasteiger partial charge in [-0.15, -0.1) is 0 Å². The van der Waals surface area contributed by atoms with Gasteiger partial charge in [0.05, 0.1) is 44.8 Å².